The summed E-state index contributed by atoms with van der Waals surface area (Å²) in [6, 6.07) is 16.4. The Kier molecular flexibility index (Phi) is 6.90. The van der Waals surface area contributed by atoms with Gasteiger partial charge in [0.15, 0.2) is 11.6 Å². The minimum absolute atomic E-state index is 0.235. The normalized spacial score (nSPS) is 10.5. The van der Waals surface area contributed by atoms with E-state index in [1.807, 2.05) is 30.3 Å². The monoisotopic (exact) mass is 414 g/mol. The summed E-state index contributed by atoms with van der Waals surface area (Å²) in [4.78, 5) is 16.8. The van der Waals surface area contributed by atoms with Crippen LogP contribution in [0.25, 0.3) is 0 Å². The van der Waals surface area contributed by atoms with Crippen LogP contribution < -0.4 is 10.1 Å². The molecule has 0 atom stereocenters. The summed E-state index contributed by atoms with van der Waals surface area (Å²) in [5.74, 6) is 0.607. The molecular weight excluding hydrogens is 395 g/mol. The number of carbonyl (C=O) groups excluding carboxylic acids is 1. The molecule has 144 valence electrons. The first kappa shape index (κ1) is 20.2. The molecule has 1 N–H and O–H groups in total. The Labute approximate surface area is 174 Å². The van der Waals surface area contributed by atoms with Crippen molar-refractivity contribution in [3.05, 3.63) is 87.5 Å². The molecular formula is C22H20Cl2N2O2. The van der Waals surface area contributed by atoms with Crippen molar-refractivity contribution in [1.82, 2.24) is 4.98 Å². The van der Waals surface area contributed by atoms with Crippen LogP contribution in [0.15, 0.2) is 60.8 Å². The molecule has 0 aliphatic rings. The van der Waals surface area contributed by atoms with Crippen LogP contribution in [0.5, 0.6) is 5.75 Å². The molecule has 0 aliphatic heterocycles. The van der Waals surface area contributed by atoms with Crippen LogP contribution in [-0.4, -0.2) is 10.9 Å². The number of halogens is 2. The molecule has 0 unspecified atom stereocenters. The van der Waals surface area contributed by atoms with E-state index in [-0.39, 0.29) is 12.5 Å². The fourth-order valence-electron chi connectivity index (χ4n) is 2.68. The molecule has 6 heteroatoms. The number of nitrogens with one attached hydrogen (secondary N) is 1. The third-order valence-corrected chi connectivity index (χ3v) is 4.87. The molecule has 1 heterocycles. The Balaban J connectivity index is 1.69. The van der Waals surface area contributed by atoms with E-state index >= 15 is 0 Å². The zero-order valence-electron chi connectivity index (χ0n) is 15.4. The zero-order valence-corrected chi connectivity index (χ0v) is 16.9. The number of amides is 1. The molecule has 3 rings (SSSR count). The SMILES string of the molecule is CCCc1ccc(C(=O)Nc2ncccc2OCc2ccc(Cl)c(Cl)c2)cc1. The lowest BCUT2D eigenvalue weighted by Crippen LogP contribution is -2.14. The number of hydrogen-bond acceptors (Lipinski definition) is 3. The van der Waals surface area contributed by atoms with Crippen LogP contribution >= 0.6 is 23.2 Å². The second-order valence-corrected chi connectivity index (χ2v) is 7.10. The number of anilines is 1. The largest absolute Gasteiger partial charge is 0.485 e. The van der Waals surface area contributed by atoms with Crippen molar-refractivity contribution in [1.29, 1.82) is 0 Å². The van der Waals surface area contributed by atoms with E-state index in [1.165, 1.54) is 5.56 Å². The lowest BCUT2D eigenvalue weighted by atomic mass is 10.1. The summed E-state index contributed by atoms with van der Waals surface area (Å²) in [5.41, 5.74) is 2.64. The average molecular weight is 415 g/mol. The van der Waals surface area contributed by atoms with Gasteiger partial charge in [-0.1, -0.05) is 54.7 Å². The van der Waals surface area contributed by atoms with Gasteiger partial charge in [0.25, 0.3) is 5.91 Å². The second-order valence-electron chi connectivity index (χ2n) is 6.29. The van der Waals surface area contributed by atoms with E-state index in [2.05, 4.69) is 17.2 Å². The second kappa shape index (κ2) is 9.58. The van der Waals surface area contributed by atoms with Crippen molar-refractivity contribution in [2.24, 2.45) is 0 Å². The van der Waals surface area contributed by atoms with Gasteiger partial charge in [-0.25, -0.2) is 4.98 Å². The molecule has 28 heavy (non-hydrogen) atoms. The van der Waals surface area contributed by atoms with Crippen molar-refractivity contribution in [2.75, 3.05) is 5.32 Å². The maximum Gasteiger partial charge on any atom is 0.256 e. The fraction of sp³-hybridized carbons (Fsp3) is 0.182. The zero-order chi connectivity index (χ0) is 19.9. The van der Waals surface area contributed by atoms with Crippen LogP contribution in [0.4, 0.5) is 5.82 Å². The van der Waals surface area contributed by atoms with Gasteiger partial charge >= 0.3 is 0 Å². The smallest absolute Gasteiger partial charge is 0.256 e. The van der Waals surface area contributed by atoms with Crippen LogP contribution in [0, 0.1) is 0 Å². The van der Waals surface area contributed by atoms with Crippen molar-refractivity contribution in [3.63, 3.8) is 0 Å². The van der Waals surface area contributed by atoms with Crippen LogP contribution in [0.1, 0.15) is 34.8 Å². The van der Waals surface area contributed by atoms with Gasteiger partial charge < -0.3 is 10.1 Å². The number of hydrogen-bond donors (Lipinski definition) is 1. The summed E-state index contributed by atoms with van der Waals surface area (Å²) < 4.78 is 5.83. The lowest BCUT2D eigenvalue weighted by Gasteiger charge is -2.12. The van der Waals surface area contributed by atoms with E-state index in [0.717, 1.165) is 18.4 Å². The number of pyridine rings is 1. The quantitative estimate of drug-likeness (QED) is 0.502. The molecule has 0 spiro atoms. The number of ether oxygens (including phenoxy) is 1. The Hall–Kier alpha value is -2.56. The summed E-state index contributed by atoms with van der Waals surface area (Å²) in [6.07, 6.45) is 3.67. The molecule has 0 bridgehead atoms. The van der Waals surface area contributed by atoms with Gasteiger partial charge in [0.1, 0.15) is 6.61 Å². The number of carbonyl (C=O) groups is 1. The van der Waals surface area contributed by atoms with Crippen LogP contribution in [0.3, 0.4) is 0 Å². The predicted molar refractivity (Wildman–Crippen MR) is 113 cm³/mol. The molecule has 0 radical (unpaired) electrons. The fourth-order valence-corrected chi connectivity index (χ4v) is 3.00. The van der Waals surface area contributed by atoms with Gasteiger partial charge in [0.2, 0.25) is 0 Å². The molecule has 0 saturated heterocycles. The standard InChI is InChI=1S/C22H20Cl2N2O2/c1-2-4-15-6-9-17(10-7-15)22(27)26-21-20(5-3-12-25-21)28-14-16-8-11-18(23)19(24)13-16/h3,5-13H,2,4,14H2,1H3,(H,25,26,27). The Morgan fingerprint density at radius 3 is 2.50 bits per heavy atom. The van der Waals surface area contributed by atoms with E-state index in [9.17, 15) is 4.79 Å². The molecule has 1 aromatic heterocycles. The highest BCUT2D eigenvalue weighted by Gasteiger charge is 2.11. The van der Waals surface area contributed by atoms with Gasteiger partial charge in [-0.05, 0) is 53.9 Å². The third kappa shape index (κ3) is 5.24. The minimum atomic E-state index is -0.235. The van der Waals surface area contributed by atoms with Crippen molar-refractivity contribution in [2.45, 2.75) is 26.4 Å². The maximum absolute atomic E-state index is 12.6. The van der Waals surface area contributed by atoms with Gasteiger partial charge in [-0.2, -0.15) is 0 Å². The molecule has 0 aliphatic carbocycles. The summed E-state index contributed by atoms with van der Waals surface area (Å²) in [6.45, 7) is 2.40. The molecule has 1 amide bonds. The molecule has 0 fully saturated rings. The minimum Gasteiger partial charge on any atom is -0.485 e. The Morgan fingerprint density at radius 1 is 1.04 bits per heavy atom. The van der Waals surface area contributed by atoms with Crippen LogP contribution in [0.2, 0.25) is 10.0 Å². The Morgan fingerprint density at radius 2 is 1.79 bits per heavy atom. The summed E-state index contributed by atoms with van der Waals surface area (Å²) in [7, 11) is 0. The topological polar surface area (TPSA) is 51.2 Å². The van der Waals surface area contributed by atoms with Gasteiger partial charge in [0.05, 0.1) is 10.0 Å². The van der Waals surface area contributed by atoms with Gasteiger partial charge in [-0.15, -0.1) is 0 Å². The number of benzene rings is 2. The maximum atomic E-state index is 12.6. The van der Waals surface area contributed by atoms with E-state index in [4.69, 9.17) is 27.9 Å². The molecule has 3 aromatic rings. The van der Waals surface area contributed by atoms with Gasteiger partial charge in [-0.3, -0.25) is 4.79 Å². The highest BCUT2D eigenvalue weighted by Crippen LogP contribution is 2.26. The van der Waals surface area contributed by atoms with E-state index < -0.39 is 0 Å². The summed E-state index contributed by atoms with van der Waals surface area (Å²) in [5, 5.41) is 3.77. The number of nitrogens with zero attached hydrogens (tertiary/aromatic N) is 1. The van der Waals surface area contributed by atoms with Gasteiger partial charge in [0, 0.05) is 11.8 Å². The van der Waals surface area contributed by atoms with Crippen LogP contribution in [-0.2, 0) is 13.0 Å². The van der Waals surface area contributed by atoms with Crippen molar-refractivity contribution >= 4 is 34.9 Å². The average Bonchev–Trinajstić information content (AvgIpc) is 2.70. The van der Waals surface area contributed by atoms with Crippen molar-refractivity contribution < 1.29 is 9.53 Å². The third-order valence-electron chi connectivity index (χ3n) is 4.14. The van der Waals surface area contributed by atoms with E-state index in [0.29, 0.717) is 27.2 Å². The molecule has 0 saturated carbocycles. The number of aromatic nitrogens is 1. The first-order chi connectivity index (χ1) is 13.6. The predicted octanol–water partition coefficient (Wildman–Crippen LogP) is 6.17. The first-order valence-corrected chi connectivity index (χ1v) is 9.74. The van der Waals surface area contributed by atoms with Crippen molar-refractivity contribution in [3.8, 4) is 5.75 Å². The molecule has 4 nitrogen and oxygen atoms in total. The number of aryl methyl sites for hydroxylation is 1. The number of rotatable bonds is 7. The molecule has 2 aromatic carbocycles. The Bertz CT molecular complexity index is 959. The lowest BCUT2D eigenvalue weighted by molar-refractivity contribution is 0.102. The van der Waals surface area contributed by atoms with E-state index in [1.54, 1.807) is 30.5 Å². The highest BCUT2D eigenvalue weighted by molar-refractivity contribution is 6.42. The summed E-state index contributed by atoms with van der Waals surface area (Å²) >= 11 is 12.0. The first-order valence-electron chi connectivity index (χ1n) is 8.99. The highest BCUT2D eigenvalue weighted by atomic mass is 35.5.